The Morgan fingerprint density at radius 2 is 1.58 bits per heavy atom. The maximum atomic E-state index is 5.95. The average Bonchev–Trinajstić information content (AvgIpc) is 3.11. The minimum absolute atomic E-state index is 0.0598. The molecule has 0 aromatic heterocycles. The van der Waals surface area contributed by atoms with Gasteiger partial charge in [-0.25, -0.2) is 0 Å². The minimum Gasteiger partial charge on any atom is -0.488 e. The number of rotatable bonds is 4. The molecule has 2 heterocycles. The van der Waals surface area contributed by atoms with Gasteiger partial charge in [0.2, 0.25) is 0 Å². The highest BCUT2D eigenvalue weighted by molar-refractivity contribution is 5.79. The van der Waals surface area contributed by atoms with Crippen LogP contribution in [0.4, 0.5) is 0 Å². The Labute approximate surface area is 153 Å². The zero-order valence-corrected chi connectivity index (χ0v) is 14.8. The van der Waals surface area contributed by atoms with Gasteiger partial charge >= 0.3 is 0 Å². The lowest BCUT2D eigenvalue weighted by molar-refractivity contribution is 0.0935. The molecule has 4 rings (SSSR count). The Bertz CT molecular complexity index is 768. The van der Waals surface area contributed by atoms with Gasteiger partial charge in [-0.15, -0.1) is 0 Å². The van der Waals surface area contributed by atoms with Crippen molar-refractivity contribution in [1.29, 1.82) is 0 Å². The van der Waals surface area contributed by atoms with Crippen LogP contribution >= 0.6 is 0 Å². The van der Waals surface area contributed by atoms with Crippen molar-refractivity contribution in [3.05, 3.63) is 54.1 Å². The Morgan fingerprint density at radius 3 is 2.35 bits per heavy atom. The van der Waals surface area contributed by atoms with E-state index < -0.39 is 0 Å². The molecule has 6 nitrogen and oxygen atoms in total. The molecule has 0 saturated carbocycles. The summed E-state index contributed by atoms with van der Waals surface area (Å²) in [4.78, 5) is 4.27. The third kappa shape index (κ3) is 3.69. The van der Waals surface area contributed by atoms with E-state index in [1.54, 1.807) is 7.05 Å². The summed E-state index contributed by atoms with van der Waals surface area (Å²) in [6.45, 7) is 1.82. The monoisotopic (exact) mass is 353 g/mol. The molecule has 2 unspecified atom stereocenters. The number of hydrogen-bond acceptors (Lipinski definition) is 4. The molecule has 2 aliphatic rings. The standard InChI is InChI=1S/C20H23N3O3/c1-21-20(22-11-15-10-14-6-2-3-7-17(14)25-15)23-12-16-13-24-18-8-4-5-9-19(18)26-16/h2-9,15-16H,10-13H2,1H3,(H2,21,22,23). The van der Waals surface area contributed by atoms with Crippen LogP contribution in [-0.2, 0) is 6.42 Å². The number of hydrogen-bond donors (Lipinski definition) is 2. The highest BCUT2D eigenvalue weighted by Crippen LogP contribution is 2.30. The molecule has 0 amide bonds. The number of ether oxygens (including phenoxy) is 3. The van der Waals surface area contributed by atoms with Gasteiger partial charge in [-0.2, -0.15) is 0 Å². The van der Waals surface area contributed by atoms with Gasteiger partial charge in [0.25, 0.3) is 0 Å². The number of nitrogens with zero attached hydrogens (tertiary/aromatic N) is 1. The van der Waals surface area contributed by atoms with E-state index in [0.29, 0.717) is 19.7 Å². The van der Waals surface area contributed by atoms with Crippen LogP contribution in [0.2, 0.25) is 0 Å². The summed E-state index contributed by atoms with van der Waals surface area (Å²) < 4.78 is 17.6. The molecule has 2 aromatic carbocycles. The van der Waals surface area contributed by atoms with Crippen LogP contribution in [0.5, 0.6) is 17.2 Å². The molecular formula is C20H23N3O3. The Balaban J connectivity index is 1.23. The summed E-state index contributed by atoms with van der Waals surface area (Å²) in [6.07, 6.45) is 0.971. The van der Waals surface area contributed by atoms with E-state index in [2.05, 4.69) is 21.7 Å². The summed E-state index contributed by atoms with van der Waals surface area (Å²) in [5.41, 5.74) is 1.26. The number of aliphatic imine (C=N–C) groups is 1. The van der Waals surface area contributed by atoms with Crippen LogP contribution in [0.15, 0.2) is 53.5 Å². The van der Waals surface area contributed by atoms with Gasteiger partial charge in [0.15, 0.2) is 17.5 Å². The van der Waals surface area contributed by atoms with E-state index in [4.69, 9.17) is 14.2 Å². The number of benzene rings is 2. The average molecular weight is 353 g/mol. The van der Waals surface area contributed by atoms with Gasteiger partial charge in [0, 0.05) is 13.5 Å². The summed E-state index contributed by atoms with van der Waals surface area (Å²) in [5.74, 6) is 3.29. The molecule has 0 aliphatic carbocycles. The second-order valence-corrected chi connectivity index (χ2v) is 6.38. The number of nitrogens with one attached hydrogen (secondary N) is 2. The molecule has 2 N–H and O–H groups in total. The SMILES string of the molecule is CN=C(NCC1Cc2ccccc2O1)NCC1COc2ccccc2O1. The fourth-order valence-corrected chi connectivity index (χ4v) is 3.17. The first-order valence-electron chi connectivity index (χ1n) is 8.89. The van der Waals surface area contributed by atoms with E-state index in [0.717, 1.165) is 29.6 Å². The zero-order valence-electron chi connectivity index (χ0n) is 14.8. The number of para-hydroxylation sites is 3. The smallest absolute Gasteiger partial charge is 0.191 e. The minimum atomic E-state index is -0.0598. The zero-order chi connectivity index (χ0) is 17.8. The Hall–Kier alpha value is -2.89. The Kier molecular flexibility index (Phi) is 4.82. The number of fused-ring (bicyclic) bond motifs is 2. The molecule has 0 fully saturated rings. The maximum absolute atomic E-state index is 5.95. The quantitative estimate of drug-likeness (QED) is 0.650. The van der Waals surface area contributed by atoms with Gasteiger partial charge in [0.1, 0.15) is 24.6 Å². The summed E-state index contributed by atoms with van der Waals surface area (Å²) in [6, 6.07) is 15.9. The predicted octanol–water partition coefficient (Wildman–Crippen LogP) is 2.00. The second kappa shape index (κ2) is 7.56. The second-order valence-electron chi connectivity index (χ2n) is 6.38. The van der Waals surface area contributed by atoms with Crippen molar-refractivity contribution in [1.82, 2.24) is 10.6 Å². The third-order valence-corrected chi connectivity index (χ3v) is 4.50. The molecule has 26 heavy (non-hydrogen) atoms. The first kappa shape index (κ1) is 16.6. The van der Waals surface area contributed by atoms with Crippen LogP contribution in [0.25, 0.3) is 0 Å². The predicted molar refractivity (Wildman–Crippen MR) is 100 cm³/mol. The fraction of sp³-hybridized carbons (Fsp3) is 0.350. The largest absolute Gasteiger partial charge is 0.488 e. The lowest BCUT2D eigenvalue weighted by Crippen LogP contribution is -2.47. The van der Waals surface area contributed by atoms with Crippen molar-refractivity contribution in [2.24, 2.45) is 4.99 Å². The topological polar surface area (TPSA) is 64.1 Å². The maximum Gasteiger partial charge on any atom is 0.191 e. The summed E-state index contributed by atoms with van der Waals surface area (Å²) in [7, 11) is 1.76. The number of guanidine groups is 1. The fourth-order valence-electron chi connectivity index (χ4n) is 3.17. The van der Waals surface area contributed by atoms with Crippen LogP contribution in [-0.4, -0.2) is 44.9 Å². The van der Waals surface area contributed by atoms with Crippen LogP contribution in [0.1, 0.15) is 5.56 Å². The molecular weight excluding hydrogens is 330 g/mol. The van der Waals surface area contributed by atoms with Crippen LogP contribution in [0.3, 0.4) is 0 Å². The molecule has 0 saturated heterocycles. The molecule has 0 spiro atoms. The van der Waals surface area contributed by atoms with Crippen molar-refractivity contribution in [3.8, 4) is 17.2 Å². The van der Waals surface area contributed by atoms with E-state index >= 15 is 0 Å². The van der Waals surface area contributed by atoms with Crippen molar-refractivity contribution < 1.29 is 14.2 Å². The molecule has 2 aromatic rings. The van der Waals surface area contributed by atoms with Gasteiger partial charge in [-0.3, -0.25) is 4.99 Å². The van der Waals surface area contributed by atoms with Crippen molar-refractivity contribution in [3.63, 3.8) is 0 Å². The van der Waals surface area contributed by atoms with Crippen molar-refractivity contribution in [2.75, 3.05) is 26.7 Å². The Morgan fingerprint density at radius 1 is 0.923 bits per heavy atom. The van der Waals surface area contributed by atoms with Gasteiger partial charge in [-0.05, 0) is 23.8 Å². The molecule has 136 valence electrons. The lowest BCUT2D eigenvalue weighted by atomic mass is 10.1. The third-order valence-electron chi connectivity index (χ3n) is 4.50. The van der Waals surface area contributed by atoms with E-state index in [1.165, 1.54) is 5.56 Å². The molecule has 2 atom stereocenters. The molecule has 6 heteroatoms. The van der Waals surface area contributed by atoms with E-state index in [9.17, 15) is 0 Å². The first-order chi connectivity index (χ1) is 12.8. The van der Waals surface area contributed by atoms with E-state index in [-0.39, 0.29) is 12.2 Å². The first-order valence-corrected chi connectivity index (χ1v) is 8.89. The van der Waals surface area contributed by atoms with Gasteiger partial charge in [0.05, 0.1) is 13.1 Å². The molecule has 2 aliphatic heterocycles. The van der Waals surface area contributed by atoms with Gasteiger partial charge < -0.3 is 24.8 Å². The highest BCUT2D eigenvalue weighted by atomic mass is 16.6. The van der Waals surface area contributed by atoms with Crippen molar-refractivity contribution >= 4 is 5.96 Å². The molecule has 0 radical (unpaired) electrons. The lowest BCUT2D eigenvalue weighted by Gasteiger charge is -2.27. The highest BCUT2D eigenvalue weighted by Gasteiger charge is 2.23. The molecule has 0 bridgehead atoms. The van der Waals surface area contributed by atoms with Gasteiger partial charge in [-0.1, -0.05) is 30.3 Å². The normalized spacial score (nSPS) is 20.9. The summed E-state index contributed by atoms with van der Waals surface area (Å²) >= 11 is 0. The van der Waals surface area contributed by atoms with Crippen LogP contribution < -0.4 is 24.8 Å². The van der Waals surface area contributed by atoms with Crippen molar-refractivity contribution in [2.45, 2.75) is 18.6 Å². The summed E-state index contributed by atoms with van der Waals surface area (Å²) in [5, 5.41) is 6.62. The van der Waals surface area contributed by atoms with Crippen LogP contribution in [0, 0.1) is 0 Å². The van der Waals surface area contributed by atoms with E-state index in [1.807, 2.05) is 42.5 Å².